The number of benzene rings is 1. The predicted octanol–water partition coefficient (Wildman–Crippen LogP) is 5.13. The van der Waals surface area contributed by atoms with E-state index in [0.29, 0.717) is 34.4 Å². The van der Waals surface area contributed by atoms with Crippen LogP contribution in [0.4, 0.5) is 19.0 Å². The fourth-order valence-electron chi connectivity index (χ4n) is 2.60. The highest BCUT2D eigenvalue weighted by molar-refractivity contribution is 8.02. The second kappa shape index (κ2) is 9.96. The summed E-state index contributed by atoms with van der Waals surface area (Å²) in [6.07, 6.45) is -0.948. The molecule has 0 unspecified atom stereocenters. The third kappa shape index (κ3) is 7.06. The van der Waals surface area contributed by atoms with Crippen molar-refractivity contribution >= 4 is 34.9 Å². The average molecular weight is 499 g/mol. The maximum atomic E-state index is 12.3. The second-order valence-electron chi connectivity index (χ2n) is 7.53. The van der Waals surface area contributed by atoms with Gasteiger partial charge in [0.15, 0.2) is 4.34 Å². The molecule has 33 heavy (non-hydrogen) atoms. The first-order chi connectivity index (χ1) is 15.4. The quantitative estimate of drug-likeness (QED) is 0.406. The maximum Gasteiger partial charge on any atom is 0.573 e. The van der Waals surface area contributed by atoms with Gasteiger partial charge in [-0.25, -0.2) is 9.97 Å². The number of carboxylic acids is 1. The van der Waals surface area contributed by atoms with Crippen LogP contribution in [0.25, 0.3) is 11.3 Å². The van der Waals surface area contributed by atoms with E-state index in [-0.39, 0.29) is 5.75 Å². The van der Waals surface area contributed by atoms with E-state index < -0.39 is 17.1 Å². The van der Waals surface area contributed by atoms with Gasteiger partial charge in [-0.05, 0) is 38.1 Å². The largest absolute Gasteiger partial charge is 0.573 e. The molecular weight excluding hydrogens is 477 g/mol. The lowest BCUT2D eigenvalue weighted by Crippen LogP contribution is -2.26. The number of hydrogen-bond acceptors (Lipinski definition) is 8. The van der Waals surface area contributed by atoms with Crippen LogP contribution in [0.15, 0.2) is 46.4 Å². The smallest absolute Gasteiger partial charge is 0.480 e. The van der Waals surface area contributed by atoms with Gasteiger partial charge in [-0.15, -0.1) is 24.5 Å². The molecule has 0 saturated carbocycles. The molecule has 2 heterocycles. The number of aromatic nitrogens is 3. The van der Waals surface area contributed by atoms with Gasteiger partial charge in [-0.1, -0.05) is 11.8 Å². The second-order valence-corrected chi connectivity index (χ2v) is 10.3. The van der Waals surface area contributed by atoms with Gasteiger partial charge in [0.25, 0.3) is 0 Å². The molecule has 0 atom stereocenters. The minimum atomic E-state index is -4.73. The highest BCUT2D eigenvalue weighted by atomic mass is 32.2. The summed E-state index contributed by atoms with van der Waals surface area (Å²) < 4.78 is 40.5. The van der Waals surface area contributed by atoms with E-state index in [1.807, 2.05) is 17.3 Å². The molecule has 0 aliphatic carbocycles. The number of rotatable bonds is 9. The molecule has 12 heteroatoms. The molecule has 0 amide bonds. The third-order valence-electron chi connectivity index (χ3n) is 4.50. The first kappa shape index (κ1) is 24.8. The minimum Gasteiger partial charge on any atom is -0.480 e. The number of aliphatic carboxylic acids is 1. The molecule has 0 spiro atoms. The number of halogens is 3. The highest BCUT2D eigenvalue weighted by Gasteiger charge is 2.31. The van der Waals surface area contributed by atoms with Crippen LogP contribution in [0.2, 0.25) is 0 Å². The molecule has 0 bridgehead atoms. The van der Waals surface area contributed by atoms with Crippen molar-refractivity contribution in [2.45, 2.75) is 35.7 Å². The van der Waals surface area contributed by atoms with Crippen LogP contribution in [0, 0.1) is 0 Å². The number of thiazole rings is 1. The molecule has 0 aliphatic heterocycles. The van der Waals surface area contributed by atoms with E-state index in [1.54, 1.807) is 26.2 Å². The summed E-state index contributed by atoms with van der Waals surface area (Å²) in [6.45, 7) is 3.90. The van der Waals surface area contributed by atoms with Crippen LogP contribution in [0.3, 0.4) is 0 Å². The van der Waals surface area contributed by atoms with Crippen molar-refractivity contribution in [2.24, 2.45) is 0 Å². The van der Waals surface area contributed by atoms with E-state index in [4.69, 9.17) is 0 Å². The monoisotopic (exact) mass is 498 g/mol. The molecule has 2 aromatic heterocycles. The fourth-order valence-corrected chi connectivity index (χ4v) is 4.83. The van der Waals surface area contributed by atoms with Gasteiger partial charge >= 0.3 is 12.3 Å². The number of alkyl halides is 3. The summed E-state index contributed by atoms with van der Waals surface area (Å²) in [5, 5.41) is 11.2. The number of carbonyl (C=O) groups is 1. The van der Waals surface area contributed by atoms with Crippen LogP contribution < -0.4 is 9.64 Å². The molecule has 0 saturated heterocycles. The Balaban J connectivity index is 1.56. The van der Waals surface area contributed by atoms with Gasteiger partial charge in [0, 0.05) is 31.0 Å². The van der Waals surface area contributed by atoms with Crippen LogP contribution >= 0.6 is 23.1 Å². The Morgan fingerprint density at radius 2 is 1.88 bits per heavy atom. The minimum absolute atomic E-state index is 0.300. The molecule has 7 nitrogen and oxygen atoms in total. The zero-order chi connectivity index (χ0) is 24.2. The molecule has 0 radical (unpaired) electrons. The molecule has 176 valence electrons. The number of carboxylic acid groups (broad SMARTS) is 1. The summed E-state index contributed by atoms with van der Waals surface area (Å²) in [7, 11) is 1.86. The van der Waals surface area contributed by atoms with Crippen molar-refractivity contribution in [3.8, 4) is 17.0 Å². The number of nitrogens with zero attached hydrogens (tertiary/aromatic N) is 4. The first-order valence-electron chi connectivity index (χ1n) is 9.69. The van der Waals surface area contributed by atoms with Crippen molar-refractivity contribution in [3.63, 3.8) is 0 Å². The summed E-state index contributed by atoms with van der Waals surface area (Å²) in [4.78, 5) is 26.4. The zero-order valence-electron chi connectivity index (χ0n) is 18.0. The van der Waals surface area contributed by atoms with E-state index in [0.717, 1.165) is 5.69 Å². The fraction of sp³-hybridized carbons (Fsp3) is 0.333. The summed E-state index contributed by atoms with van der Waals surface area (Å²) in [5.74, 6) is -0.560. The highest BCUT2D eigenvalue weighted by Crippen LogP contribution is 2.34. The predicted molar refractivity (Wildman–Crippen MR) is 121 cm³/mol. The van der Waals surface area contributed by atoms with E-state index in [1.165, 1.54) is 47.4 Å². The maximum absolute atomic E-state index is 12.3. The molecule has 3 aromatic rings. The normalized spacial score (nSPS) is 11.9. The summed E-state index contributed by atoms with van der Waals surface area (Å²) in [5.41, 5.74) is 2.00. The van der Waals surface area contributed by atoms with Gasteiger partial charge in [0.2, 0.25) is 0 Å². The number of thioether (sulfide) groups is 1. The van der Waals surface area contributed by atoms with Crippen molar-refractivity contribution < 1.29 is 27.8 Å². The lowest BCUT2D eigenvalue weighted by Gasteiger charge is -2.17. The Kier molecular flexibility index (Phi) is 7.48. The SMILES string of the molecule is CN(CCc1csc(SC(C)(C)C(=O)O)n1)c1cnc(-c2ccc(OC(F)(F)F)cc2)cn1. The third-order valence-corrected chi connectivity index (χ3v) is 6.68. The van der Waals surface area contributed by atoms with Crippen molar-refractivity contribution in [2.75, 3.05) is 18.5 Å². The number of anilines is 1. The molecule has 1 aromatic carbocycles. The van der Waals surface area contributed by atoms with E-state index >= 15 is 0 Å². The van der Waals surface area contributed by atoms with Gasteiger partial charge < -0.3 is 14.7 Å². The number of likely N-dealkylation sites (N-methyl/N-ethyl adjacent to an activating group) is 1. The molecule has 3 rings (SSSR count). The van der Waals surface area contributed by atoms with Crippen molar-refractivity contribution in [1.82, 2.24) is 15.0 Å². The lowest BCUT2D eigenvalue weighted by molar-refractivity contribution is -0.274. The van der Waals surface area contributed by atoms with Gasteiger partial charge in [0.05, 0.1) is 23.8 Å². The Morgan fingerprint density at radius 1 is 1.18 bits per heavy atom. The van der Waals surface area contributed by atoms with Gasteiger partial charge in [-0.2, -0.15) is 0 Å². The van der Waals surface area contributed by atoms with E-state index in [9.17, 15) is 23.1 Å². The van der Waals surface area contributed by atoms with Crippen molar-refractivity contribution in [1.29, 1.82) is 0 Å². The molecule has 0 fully saturated rings. The Hall–Kier alpha value is -2.86. The summed E-state index contributed by atoms with van der Waals surface area (Å²) in [6, 6.07) is 5.42. The zero-order valence-corrected chi connectivity index (χ0v) is 19.6. The van der Waals surface area contributed by atoms with Crippen LogP contribution in [-0.2, 0) is 11.2 Å². The van der Waals surface area contributed by atoms with Crippen LogP contribution in [-0.4, -0.2) is 50.7 Å². The van der Waals surface area contributed by atoms with Crippen molar-refractivity contribution in [3.05, 3.63) is 47.7 Å². The Labute approximate surface area is 196 Å². The molecule has 1 N–H and O–H groups in total. The van der Waals surface area contributed by atoms with Gasteiger partial charge in [-0.3, -0.25) is 9.78 Å². The first-order valence-corrected chi connectivity index (χ1v) is 11.4. The summed E-state index contributed by atoms with van der Waals surface area (Å²) >= 11 is 2.63. The average Bonchev–Trinajstić information content (AvgIpc) is 3.18. The van der Waals surface area contributed by atoms with Gasteiger partial charge in [0.1, 0.15) is 16.3 Å². The molecular formula is C21H21F3N4O3S2. The van der Waals surface area contributed by atoms with Crippen LogP contribution in [0.5, 0.6) is 5.75 Å². The topological polar surface area (TPSA) is 88.4 Å². The standard InChI is InChI=1S/C21H21F3N4O3S2/c1-20(2,18(29)30)33-19-27-14(12-32-19)8-9-28(3)17-11-25-16(10-26-17)13-4-6-15(7-5-13)31-21(22,23)24/h4-7,10-12H,8-9H2,1-3H3,(H,29,30). The lowest BCUT2D eigenvalue weighted by atomic mass is 10.1. The Morgan fingerprint density at radius 3 is 2.45 bits per heavy atom. The molecule has 0 aliphatic rings. The Bertz CT molecular complexity index is 1090. The van der Waals surface area contributed by atoms with Crippen LogP contribution in [0.1, 0.15) is 19.5 Å². The van der Waals surface area contributed by atoms with E-state index in [2.05, 4.69) is 19.7 Å². The number of ether oxygens (including phenoxy) is 1. The number of hydrogen-bond donors (Lipinski definition) is 1.